The van der Waals surface area contributed by atoms with Gasteiger partial charge in [0.25, 0.3) is 0 Å². The Balaban J connectivity index is 1.74. The molecule has 0 saturated heterocycles. The summed E-state index contributed by atoms with van der Waals surface area (Å²) in [5, 5.41) is 23.3. The fourth-order valence-corrected chi connectivity index (χ4v) is 3.31. The number of aliphatic hydroxyl groups excluding tert-OH is 1. The normalized spacial score (nSPS) is 23.8. The van der Waals surface area contributed by atoms with Crippen LogP contribution in [0.4, 0.5) is 0 Å². The number of thiophene rings is 1. The molecule has 0 aromatic carbocycles. The predicted octanol–water partition coefficient (Wildman–Crippen LogP) is 2.12. The van der Waals surface area contributed by atoms with Gasteiger partial charge in [0.05, 0.1) is 5.56 Å². The minimum absolute atomic E-state index is 0.323. The van der Waals surface area contributed by atoms with Crippen molar-refractivity contribution < 1.29 is 5.11 Å². The summed E-state index contributed by atoms with van der Waals surface area (Å²) in [5.41, 5.74) is 0.751. The van der Waals surface area contributed by atoms with Crippen molar-refractivity contribution >= 4 is 11.3 Å². The molecule has 2 atom stereocenters. The molecule has 1 heterocycles. The number of rotatable bonds is 5. The molecular weight excluding hydrogens is 232 g/mol. The predicted molar refractivity (Wildman–Crippen MR) is 68.7 cm³/mol. The van der Waals surface area contributed by atoms with Crippen molar-refractivity contribution in [1.82, 2.24) is 5.32 Å². The van der Waals surface area contributed by atoms with Gasteiger partial charge in [-0.3, -0.25) is 0 Å². The quantitative estimate of drug-likeness (QED) is 0.841. The lowest BCUT2D eigenvalue weighted by atomic mass is 9.97. The van der Waals surface area contributed by atoms with Gasteiger partial charge in [-0.1, -0.05) is 6.42 Å². The Morgan fingerprint density at radius 2 is 2.29 bits per heavy atom. The molecule has 1 aromatic rings. The van der Waals surface area contributed by atoms with Crippen LogP contribution in [0.25, 0.3) is 0 Å². The van der Waals surface area contributed by atoms with Crippen LogP contribution in [-0.4, -0.2) is 18.3 Å². The van der Waals surface area contributed by atoms with E-state index in [2.05, 4.69) is 11.4 Å². The number of hydrogen-bond acceptors (Lipinski definition) is 4. The molecule has 1 aliphatic rings. The van der Waals surface area contributed by atoms with Crippen LogP contribution in [0, 0.1) is 23.2 Å². The van der Waals surface area contributed by atoms with Gasteiger partial charge in [-0.25, -0.2) is 0 Å². The minimum atomic E-state index is 0.323. The lowest BCUT2D eigenvalue weighted by molar-refractivity contribution is 0.192. The van der Waals surface area contributed by atoms with Crippen LogP contribution in [0.1, 0.15) is 29.7 Å². The number of hydrogen-bond donors (Lipinski definition) is 2. The van der Waals surface area contributed by atoms with Crippen LogP contribution in [0.5, 0.6) is 0 Å². The van der Waals surface area contributed by atoms with E-state index >= 15 is 0 Å². The molecule has 0 radical (unpaired) electrons. The average Bonchev–Trinajstić information content (AvgIpc) is 2.97. The standard InChI is InChI=1S/C13H18N2OS/c14-5-10-4-13(17-9-10)7-15-6-11-2-1-3-12(11)8-16/h4,9,11-12,15-16H,1-3,6-8H2. The lowest BCUT2D eigenvalue weighted by Gasteiger charge is -2.17. The Labute approximate surface area is 106 Å². The van der Waals surface area contributed by atoms with Crippen molar-refractivity contribution in [1.29, 1.82) is 5.26 Å². The maximum absolute atomic E-state index is 9.23. The summed E-state index contributed by atoms with van der Waals surface area (Å²) in [5.74, 6) is 1.11. The molecular formula is C13H18N2OS. The highest BCUT2D eigenvalue weighted by Crippen LogP contribution is 2.30. The molecule has 0 amide bonds. The SMILES string of the molecule is N#Cc1csc(CNCC2CCCC2CO)c1. The molecule has 4 heteroatoms. The Morgan fingerprint density at radius 3 is 3.00 bits per heavy atom. The highest BCUT2D eigenvalue weighted by molar-refractivity contribution is 7.10. The fourth-order valence-electron chi connectivity index (χ4n) is 2.54. The van der Waals surface area contributed by atoms with Crippen molar-refractivity contribution in [3.63, 3.8) is 0 Å². The second-order valence-corrected chi connectivity index (χ2v) is 5.67. The third-order valence-corrected chi connectivity index (χ3v) is 4.48. The number of aliphatic hydroxyl groups is 1. The summed E-state index contributed by atoms with van der Waals surface area (Å²) < 4.78 is 0. The molecule has 1 saturated carbocycles. The third kappa shape index (κ3) is 3.29. The van der Waals surface area contributed by atoms with E-state index in [9.17, 15) is 5.11 Å². The molecule has 2 unspecified atom stereocenters. The van der Waals surface area contributed by atoms with Gasteiger partial charge < -0.3 is 10.4 Å². The zero-order valence-corrected chi connectivity index (χ0v) is 10.7. The van der Waals surface area contributed by atoms with Gasteiger partial charge in [0.2, 0.25) is 0 Å². The van der Waals surface area contributed by atoms with Crippen LogP contribution in [0.3, 0.4) is 0 Å². The Bertz CT molecular complexity index is 396. The van der Waals surface area contributed by atoms with E-state index in [1.54, 1.807) is 11.3 Å². The molecule has 1 aromatic heterocycles. The highest BCUT2D eigenvalue weighted by Gasteiger charge is 2.25. The van der Waals surface area contributed by atoms with E-state index in [1.807, 2.05) is 11.4 Å². The van der Waals surface area contributed by atoms with Crippen molar-refractivity contribution in [3.05, 3.63) is 21.9 Å². The molecule has 1 aliphatic carbocycles. The molecule has 0 spiro atoms. The molecule has 17 heavy (non-hydrogen) atoms. The van der Waals surface area contributed by atoms with Crippen molar-refractivity contribution in [3.8, 4) is 6.07 Å². The van der Waals surface area contributed by atoms with E-state index < -0.39 is 0 Å². The number of nitrogens with zero attached hydrogens (tertiary/aromatic N) is 1. The molecule has 92 valence electrons. The summed E-state index contributed by atoms with van der Waals surface area (Å²) in [7, 11) is 0. The topological polar surface area (TPSA) is 56.0 Å². The molecule has 1 fully saturated rings. The smallest absolute Gasteiger partial charge is 0.100 e. The van der Waals surface area contributed by atoms with Gasteiger partial charge in [-0.05, 0) is 37.3 Å². The van der Waals surface area contributed by atoms with E-state index in [0.717, 1.165) is 18.7 Å². The van der Waals surface area contributed by atoms with Crippen LogP contribution in [-0.2, 0) is 6.54 Å². The first-order chi connectivity index (χ1) is 8.33. The van der Waals surface area contributed by atoms with Gasteiger partial charge in [-0.15, -0.1) is 11.3 Å². The highest BCUT2D eigenvalue weighted by atomic mass is 32.1. The first-order valence-corrected chi connectivity index (χ1v) is 7.00. The zero-order valence-electron chi connectivity index (χ0n) is 9.85. The lowest BCUT2D eigenvalue weighted by Crippen LogP contribution is -2.26. The van der Waals surface area contributed by atoms with E-state index in [-0.39, 0.29) is 0 Å². The maximum Gasteiger partial charge on any atom is 0.100 e. The van der Waals surface area contributed by atoms with E-state index in [1.165, 1.54) is 24.1 Å². The molecule has 0 aliphatic heterocycles. The fraction of sp³-hybridized carbons (Fsp3) is 0.615. The number of nitriles is 1. The Morgan fingerprint density at radius 1 is 1.47 bits per heavy atom. The first kappa shape index (κ1) is 12.6. The van der Waals surface area contributed by atoms with E-state index in [0.29, 0.717) is 18.4 Å². The molecule has 2 N–H and O–H groups in total. The van der Waals surface area contributed by atoms with Crippen molar-refractivity contribution in [2.45, 2.75) is 25.8 Å². The summed E-state index contributed by atoms with van der Waals surface area (Å²) in [6, 6.07) is 4.08. The van der Waals surface area contributed by atoms with Crippen molar-refractivity contribution in [2.75, 3.05) is 13.2 Å². The van der Waals surface area contributed by atoms with Gasteiger partial charge in [0.15, 0.2) is 0 Å². The van der Waals surface area contributed by atoms with Crippen LogP contribution < -0.4 is 5.32 Å². The molecule has 0 bridgehead atoms. The third-order valence-electron chi connectivity index (χ3n) is 3.54. The summed E-state index contributed by atoms with van der Waals surface area (Å²) >= 11 is 1.63. The van der Waals surface area contributed by atoms with Gasteiger partial charge in [0.1, 0.15) is 6.07 Å². The summed E-state index contributed by atoms with van der Waals surface area (Å²) in [6.45, 7) is 2.13. The average molecular weight is 250 g/mol. The van der Waals surface area contributed by atoms with Crippen LogP contribution >= 0.6 is 11.3 Å². The maximum atomic E-state index is 9.23. The minimum Gasteiger partial charge on any atom is -0.396 e. The zero-order chi connectivity index (χ0) is 12.1. The molecule has 3 nitrogen and oxygen atoms in total. The summed E-state index contributed by atoms with van der Waals surface area (Å²) in [6.07, 6.45) is 3.64. The summed E-state index contributed by atoms with van der Waals surface area (Å²) in [4.78, 5) is 1.21. The van der Waals surface area contributed by atoms with Crippen molar-refractivity contribution in [2.24, 2.45) is 11.8 Å². The van der Waals surface area contributed by atoms with E-state index in [4.69, 9.17) is 5.26 Å². The van der Waals surface area contributed by atoms with Crippen LogP contribution in [0.15, 0.2) is 11.4 Å². The molecule has 2 rings (SSSR count). The largest absolute Gasteiger partial charge is 0.396 e. The second-order valence-electron chi connectivity index (χ2n) is 4.68. The number of nitrogens with one attached hydrogen (secondary N) is 1. The van der Waals surface area contributed by atoms with Gasteiger partial charge in [-0.2, -0.15) is 5.26 Å². The monoisotopic (exact) mass is 250 g/mol. The van der Waals surface area contributed by atoms with Crippen LogP contribution in [0.2, 0.25) is 0 Å². The second kappa shape index (κ2) is 6.15. The first-order valence-electron chi connectivity index (χ1n) is 6.12. The van der Waals surface area contributed by atoms with Gasteiger partial charge in [0, 0.05) is 23.4 Å². The Hall–Kier alpha value is -0.890. The van der Waals surface area contributed by atoms with Gasteiger partial charge >= 0.3 is 0 Å². The Kier molecular flexibility index (Phi) is 4.55.